The van der Waals surface area contributed by atoms with Crippen LogP contribution >= 0.6 is 0 Å². The van der Waals surface area contributed by atoms with Crippen molar-refractivity contribution in [3.8, 4) is 6.07 Å². The van der Waals surface area contributed by atoms with Crippen LogP contribution in [0.25, 0.3) is 0 Å². The molecule has 2 atom stereocenters. The molecule has 1 aromatic heterocycles. The van der Waals surface area contributed by atoms with E-state index in [0.29, 0.717) is 6.04 Å². The molecule has 4 nitrogen and oxygen atoms in total. The highest BCUT2D eigenvalue weighted by molar-refractivity contribution is 5.37. The number of fused-ring (bicyclic) bond motifs is 4. The van der Waals surface area contributed by atoms with Crippen LogP contribution in [0.15, 0.2) is 48.7 Å². The van der Waals surface area contributed by atoms with Crippen molar-refractivity contribution in [2.24, 2.45) is 5.92 Å². The third kappa shape index (κ3) is 3.73. The molecule has 0 saturated carbocycles. The first kappa shape index (κ1) is 16.3. The van der Waals surface area contributed by atoms with E-state index >= 15 is 0 Å². The summed E-state index contributed by atoms with van der Waals surface area (Å²) in [6.07, 6.45) is 4.46. The first-order chi connectivity index (χ1) is 12.3. The Morgan fingerprint density at radius 1 is 1.00 bits per heavy atom. The second-order valence-electron chi connectivity index (χ2n) is 7.31. The van der Waals surface area contributed by atoms with Gasteiger partial charge in [0, 0.05) is 45.0 Å². The molecular weight excluding hydrogens is 308 g/mol. The predicted molar refractivity (Wildman–Crippen MR) is 97.6 cm³/mol. The summed E-state index contributed by atoms with van der Waals surface area (Å²) in [5, 5.41) is 9.36. The maximum atomic E-state index is 9.36. The zero-order valence-electron chi connectivity index (χ0n) is 14.5. The van der Waals surface area contributed by atoms with Gasteiger partial charge in [0.15, 0.2) is 0 Å². The predicted octanol–water partition coefficient (Wildman–Crippen LogP) is 3.05. The van der Waals surface area contributed by atoms with Crippen LogP contribution < -0.4 is 0 Å². The summed E-state index contributed by atoms with van der Waals surface area (Å²) < 4.78 is 0. The number of nitrogens with zero attached hydrogens (tertiary/aromatic N) is 4. The van der Waals surface area contributed by atoms with E-state index in [1.807, 2.05) is 30.5 Å². The minimum absolute atomic E-state index is 0.578. The first-order valence-electron chi connectivity index (χ1n) is 9.16. The molecule has 0 radical (unpaired) electrons. The summed E-state index contributed by atoms with van der Waals surface area (Å²) >= 11 is 0. The van der Waals surface area contributed by atoms with Crippen molar-refractivity contribution in [1.82, 2.24) is 14.8 Å². The Hall–Kier alpha value is -2.22. The van der Waals surface area contributed by atoms with E-state index < -0.39 is 0 Å². The fourth-order valence-electron chi connectivity index (χ4n) is 4.31. The van der Waals surface area contributed by atoms with Crippen LogP contribution in [0.4, 0.5) is 0 Å². The van der Waals surface area contributed by atoms with Crippen LogP contribution in [0.5, 0.6) is 0 Å². The number of piperidine rings is 1. The van der Waals surface area contributed by atoms with Gasteiger partial charge in [0.2, 0.25) is 0 Å². The zero-order chi connectivity index (χ0) is 17.1. The van der Waals surface area contributed by atoms with Gasteiger partial charge in [-0.25, -0.2) is 0 Å². The van der Waals surface area contributed by atoms with Crippen LogP contribution in [-0.4, -0.2) is 40.5 Å². The molecular formula is C21H24N4. The highest BCUT2D eigenvalue weighted by atomic mass is 15.3. The molecule has 0 unspecified atom stereocenters. The molecule has 128 valence electrons. The van der Waals surface area contributed by atoms with Crippen LogP contribution in [-0.2, 0) is 13.1 Å². The lowest BCUT2D eigenvalue weighted by molar-refractivity contribution is 0.123. The molecule has 4 heteroatoms. The molecule has 0 amide bonds. The van der Waals surface area contributed by atoms with Gasteiger partial charge in [-0.2, -0.15) is 5.26 Å². The Labute approximate surface area is 149 Å². The average Bonchev–Trinajstić information content (AvgIpc) is 2.93. The van der Waals surface area contributed by atoms with Gasteiger partial charge in [0.05, 0.1) is 17.3 Å². The standard InChI is InChI=1S/C21H24N4/c22-11-18-5-1-2-6-19(18)14-25-13-17-8-9-21(25)16-24(12-17)15-20-7-3-4-10-23-20/h1-7,10,17,21H,8-9,12-16H2/t17-,21+/m0/s1. The molecule has 3 aliphatic rings. The summed E-state index contributed by atoms with van der Waals surface area (Å²) in [5.41, 5.74) is 3.13. The summed E-state index contributed by atoms with van der Waals surface area (Å²) in [5.74, 6) is 0.719. The molecule has 3 aliphatic heterocycles. The number of benzene rings is 1. The lowest BCUT2D eigenvalue weighted by Gasteiger charge is -2.36. The fraction of sp³-hybridized carbons (Fsp3) is 0.429. The number of nitriles is 1. The Morgan fingerprint density at radius 3 is 2.72 bits per heavy atom. The van der Waals surface area contributed by atoms with Gasteiger partial charge in [0.1, 0.15) is 0 Å². The van der Waals surface area contributed by atoms with E-state index in [9.17, 15) is 5.26 Å². The van der Waals surface area contributed by atoms with E-state index in [0.717, 1.165) is 55.5 Å². The number of pyridine rings is 1. The highest BCUT2D eigenvalue weighted by Crippen LogP contribution is 2.30. The Morgan fingerprint density at radius 2 is 1.88 bits per heavy atom. The van der Waals surface area contributed by atoms with Crippen molar-refractivity contribution in [2.75, 3.05) is 19.6 Å². The number of aromatic nitrogens is 1. The quantitative estimate of drug-likeness (QED) is 0.863. The minimum atomic E-state index is 0.578. The van der Waals surface area contributed by atoms with Gasteiger partial charge >= 0.3 is 0 Å². The molecule has 0 aliphatic carbocycles. The van der Waals surface area contributed by atoms with Crippen LogP contribution in [0.3, 0.4) is 0 Å². The number of hydrogen-bond donors (Lipinski definition) is 0. The molecule has 0 N–H and O–H groups in total. The summed E-state index contributed by atoms with van der Waals surface area (Å²) in [7, 11) is 0. The largest absolute Gasteiger partial charge is 0.296 e. The summed E-state index contributed by atoms with van der Waals surface area (Å²) in [4.78, 5) is 9.66. The SMILES string of the molecule is N#Cc1ccccc1CN1C[C@H]2CC[C@@H]1CN(Cc1ccccn1)C2. The maximum absolute atomic E-state index is 9.36. The normalized spacial score (nSPS) is 24.0. The molecule has 2 aromatic rings. The molecule has 25 heavy (non-hydrogen) atoms. The van der Waals surface area contributed by atoms with Gasteiger partial charge < -0.3 is 0 Å². The smallest absolute Gasteiger partial charge is 0.0995 e. The van der Waals surface area contributed by atoms with E-state index in [1.165, 1.54) is 12.8 Å². The Balaban J connectivity index is 1.47. The highest BCUT2D eigenvalue weighted by Gasteiger charge is 2.34. The van der Waals surface area contributed by atoms with E-state index in [1.54, 1.807) is 0 Å². The van der Waals surface area contributed by atoms with Gasteiger partial charge in [-0.1, -0.05) is 24.3 Å². The number of hydrogen-bond acceptors (Lipinski definition) is 4. The first-order valence-corrected chi connectivity index (χ1v) is 9.16. The second kappa shape index (κ2) is 7.35. The maximum Gasteiger partial charge on any atom is 0.0995 e. The van der Waals surface area contributed by atoms with E-state index in [-0.39, 0.29) is 0 Å². The lowest BCUT2D eigenvalue weighted by Crippen LogP contribution is -2.43. The average molecular weight is 332 g/mol. The summed E-state index contributed by atoms with van der Waals surface area (Å²) in [6, 6.07) is 17.1. The van der Waals surface area contributed by atoms with Gasteiger partial charge in [-0.15, -0.1) is 0 Å². The van der Waals surface area contributed by atoms with Crippen LogP contribution in [0, 0.1) is 17.2 Å². The Kier molecular flexibility index (Phi) is 4.78. The van der Waals surface area contributed by atoms with Crippen molar-refractivity contribution in [3.05, 3.63) is 65.5 Å². The van der Waals surface area contributed by atoms with E-state index in [4.69, 9.17) is 0 Å². The molecule has 1 aromatic carbocycles. The van der Waals surface area contributed by atoms with Crippen molar-refractivity contribution >= 4 is 0 Å². The molecule has 5 rings (SSSR count). The molecule has 0 spiro atoms. The Bertz CT molecular complexity index is 752. The third-order valence-corrected chi connectivity index (χ3v) is 5.53. The van der Waals surface area contributed by atoms with Crippen molar-refractivity contribution in [2.45, 2.75) is 32.0 Å². The van der Waals surface area contributed by atoms with Gasteiger partial charge in [-0.05, 0) is 42.5 Å². The monoisotopic (exact) mass is 332 g/mol. The van der Waals surface area contributed by atoms with Crippen molar-refractivity contribution in [1.29, 1.82) is 5.26 Å². The van der Waals surface area contributed by atoms with Gasteiger partial charge in [-0.3, -0.25) is 14.8 Å². The zero-order valence-corrected chi connectivity index (χ0v) is 14.5. The van der Waals surface area contributed by atoms with Crippen molar-refractivity contribution < 1.29 is 0 Å². The van der Waals surface area contributed by atoms with Crippen molar-refractivity contribution in [3.63, 3.8) is 0 Å². The molecule has 4 heterocycles. The van der Waals surface area contributed by atoms with Crippen LogP contribution in [0.1, 0.15) is 29.7 Å². The van der Waals surface area contributed by atoms with Crippen LogP contribution in [0.2, 0.25) is 0 Å². The number of rotatable bonds is 4. The molecule has 3 fully saturated rings. The molecule has 2 bridgehead atoms. The van der Waals surface area contributed by atoms with E-state index in [2.05, 4.69) is 39.1 Å². The third-order valence-electron chi connectivity index (χ3n) is 5.53. The summed E-state index contributed by atoms with van der Waals surface area (Å²) in [6.45, 7) is 5.23. The second-order valence-corrected chi connectivity index (χ2v) is 7.31. The minimum Gasteiger partial charge on any atom is -0.296 e. The lowest BCUT2D eigenvalue weighted by atomic mass is 9.94. The fourth-order valence-corrected chi connectivity index (χ4v) is 4.31. The topological polar surface area (TPSA) is 43.2 Å². The van der Waals surface area contributed by atoms with Gasteiger partial charge in [0.25, 0.3) is 0 Å². The molecule has 3 saturated heterocycles.